The van der Waals surface area contributed by atoms with E-state index < -0.39 is 0 Å². The Hall–Kier alpha value is -1.31. The van der Waals surface area contributed by atoms with Crippen LogP contribution in [-0.2, 0) is 6.42 Å². The predicted octanol–water partition coefficient (Wildman–Crippen LogP) is 2.63. The van der Waals surface area contributed by atoms with Crippen LogP contribution in [0.1, 0.15) is 25.3 Å². The van der Waals surface area contributed by atoms with Crippen LogP contribution in [0.2, 0.25) is 0 Å². The summed E-state index contributed by atoms with van der Waals surface area (Å²) < 4.78 is 0. The molecule has 0 amide bonds. The lowest BCUT2D eigenvalue weighted by molar-refractivity contribution is 0.418. The fraction of sp³-hybridized carbons (Fsp3) is 0.500. The van der Waals surface area contributed by atoms with E-state index in [0.29, 0.717) is 11.8 Å². The zero-order valence-electron chi connectivity index (χ0n) is 9.89. The van der Waals surface area contributed by atoms with Crippen LogP contribution in [0.4, 0.5) is 0 Å². The van der Waals surface area contributed by atoms with Crippen molar-refractivity contribution in [3.63, 3.8) is 0 Å². The van der Waals surface area contributed by atoms with Gasteiger partial charge in [-0.25, -0.2) is 0 Å². The first-order valence-corrected chi connectivity index (χ1v) is 6.15. The summed E-state index contributed by atoms with van der Waals surface area (Å²) in [6, 6.07) is 10.6. The van der Waals surface area contributed by atoms with Crippen molar-refractivity contribution in [2.75, 3.05) is 6.54 Å². The summed E-state index contributed by atoms with van der Waals surface area (Å²) in [5, 5.41) is 0. The Morgan fingerprint density at radius 2 is 2.06 bits per heavy atom. The van der Waals surface area contributed by atoms with Gasteiger partial charge in [-0.2, -0.15) is 0 Å². The third-order valence-electron chi connectivity index (χ3n) is 3.42. The Morgan fingerprint density at radius 1 is 1.31 bits per heavy atom. The molecule has 0 radical (unpaired) electrons. The molecule has 2 N–H and O–H groups in total. The van der Waals surface area contributed by atoms with Gasteiger partial charge in [0.05, 0.1) is 5.84 Å². The molecule has 1 aromatic rings. The van der Waals surface area contributed by atoms with Gasteiger partial charge in [-0.15, -0.1) is 0 Å². The molecule has 1 aromatic carbocycles. The molecule has 0 aromatic heterocycles. The van der Waals surface area contributed by atoms with E-state index in [1.54, 1.807) is 0 Å². The molecule has 2 unspecified atom stereocenters. The molecule has 0 aliphatic carbocycles. The highest BCUT2D eigenvalue weighted by Gasteiger charge is 2.28. The summed E-state index contributed by atoms with van der Waals surface area (Å²) in [6.45, 7) is 3.16. The fourth-order valence-corrected chi connectivity index (χ4v) is 2.51. The van der Waals surface area contributed by atoms with Gasteiger partial charge in [0.15, 0.2) is 0 Å². The summed E-state index contributed by atoms with van der Waals surface area (Å²) in [5.41, 5.74) is 7.37. The molecule has 2 atom stereocenters. The van der Waals surface area contributed by atoms with Gasteiger partial charge in [-0.1, -0.05) is 43.7 Å². The molecule has 2 rings (SSSR count). The smallest absolute Gasteiger partial charge is 0.0975 e. The van der Waals surface area contributed by atoms with Gasteiger partial charge in [-0.3, -0.25) is 4.99 Å². The van der Waals surface area contributed by atoms with Gasteiger partial charge in [0.25, 0.3) is 0 Å². The van der Waals surface area contributed by atoms with Gasteiger partial charge in [0, 0.05) is 12.5 Å². The Morgan fingerprint density at radius 3 is 2.75 bits per heavy atom. The fourth-order valence-electron chi connectivity index (χ4n) is 2.51. The highest BCUT2D eigenvalue weighted by Crippen LogP contribution is 2.27. The lowest BCUT2D eigenvalue weighted by atomic mass is 9.85. The zero-order valence-corrected chi connectivity index (χ0v) is 9.89. The maximum absolute atomic E-state index is 6.00. The number of amidine groups is 1. The Labute approximate surface area is 97.6 Å². The summed E-state index contributed by atoms with van der Waals surface area (Å²) in [7, 11) is 0. The molecular formula is C14H20N2. The van der Waals surface area contributed by atoms with E-state index in [-0.39, 0.29) is 0 Å². The standard InChI is InChI=1S/C14H20N2/c1-2-6-12-10-16-14(15)13(12)9-11-7-4-3-5-8-11/h3-5,7-8,12-13H,2,6,9-10H2,1H3,(H2,15,16). The molecule has 0 fully saturated rings. The molecule has 86 valence electrons. The van der Waals surface area contributed by atoms with Crippen LogP contribution in [0, 0.1) is 11.8 Å². The highest BCUT2D eigenvalue weighted by molar-refractivity contribution is 5.85. The minimum absolute atomic E-state index is 0.461. The van der Waals surface area contributed by atoms with E-state index in [9.17, 15) is 0 Å². The molecule has 1 heterocycles. The summed E-state index contributed by atoms with van der Waals surface area (Å²) in [6.07, 6.45) is 3.50. The van der Waals surface area contributed by atoms with E-state index >= 15 is 0 Å². The summed E-state index contributed by atoms with van der Waals surface area (Å²) in [4.78, 5) is 4.41. The normalized spacial score (nSPS) is 24.4. The number of rotatable bonds is 4. The van der Waals surface area contributed by atoms with Crippen molar-refractivity contribution < 1.29 is 0 Å². The SMILES string of the molecule is CCCC1CN=C(N)C1Cc1ccccc1. The lowest BCUT2D eigenvalue weighted by Crippen LogP contribution is -2.27. The molecule has 0 bridgehead atoms. The first kappa shape index (κ1) is 11.2. The maximum atomic E-state index is 6.00. The van der Waals surface area contributed by atoms with Gasteiger partial charge in [-0.05, 0) is 24.3 Å². The first-order chi connectivity index (χ1) is 7.81. The number of nitrogens with two attached hydrogens (primary N) is 1. The lowest BCUT2D eigenvalue weighted by Gasteiger charge is -2.18. The van der Waals surface area contributed by atoms with E-state index in [4.69, 9.17) is 5.73 Å². The first-order valence-electron chi connectivity index (χ1n) is 6.15. The van der Waals surface area contributed by atoms with E-state index in [2.05, 4.69) is 42.2 Å². The monoisotopic (exact) mass is 216 g/mol. The molecule has 0 saturated heterocycles. The molecule has 2 nitrogen and oxygen atoms in total. The molecular weight excluding hydrogens is 196 g/mol. The van der Waals surface area contributed by atoms with Crippen molar-refractivity contribution in [1.29, 1.82) is 0 Å². The van der Waals surface area contributed by atoms with Crippen LogP contribution in [0.15, 0.2) is 35.3 Å². The zero-order chi connectivity index (χ0) is 11.4. The van der Waals surface area contributed by atoms with Crippen molar-refractivity contribution in [3.05, 3.63) is 35.9 Å². The number of nitrogens with zero attached hydrogens (tertiary/aromatic N) is 1. The molecule has 1 aliphatic heterocycles. The predicted molar refractivity (Wildman–Crippen MR) is 68.5 cm³/mol. The van der Waals surface area contributed by atoms with Crippen molar-refractivity contribution in [2.24, 2.45) is 22.6 Å². The van der Waals surface area contributed by atoms with Gasteiger partial charge >= 0.3 is 0 Å². The van der Waals surface area contributed by atoms with Crippen LogP contribution in [0.3, 0.4) is 0 Å². The number of hydrogen-bond donors (Lipinski definition) is 1. The largest absolute Gasteiger partial charge is 0.387 e. The van der Waals surface area contributed by atoms with E-state index in [0.717, 1.165) is 18.8 Å². The third-order valence-corrected chi connectivity index (χ3v) is 3.42. The Balaban J connectivity index is 2.04. The van der Waals surface area contributed by atoms with Crippen LogP contribution in [0.25, 0.3) is 0 Å². The Kier molecular flexibility index (Phi) is 3.60. The number of benzene rings is 1. The summed E-state index contributed by atoms with van der Waals surface area (Å²) in [5.74, 6) is 1.98. The van der Waals surface area contributed by atoms with Crippen LogP contribution in [0.5, 0.6) is 0 Å². The third kappa shape index (κ3) is 2.43. The average Bonchev–Trinajstić information content (AvgIpc) is 2.64. The van der Waals surface area contributed by atoms with Crippen molar-refractivity contribution in [2.45, 2.75) is 26.2 Å². The minimum atomic E-state index is 0.461. The summed E-state index contributed by atoms with van der Waals surface area (Å²) >= 11 is 0. The van der Waals surface area contributed by atoms with Crippen molar-refractivity contribution >= 4 is 5.84 Å². The quantitative estimate of drug-likeness (QED) is 0.825. The molecule has 1 aliphatic rings. The van der Waals surface area contributed by atoms with Crippen LogP contribution in [-0.4, -0.2) is 12.4 Å². The van der Waals surface area contributed by atoms with Crippen molar-refractivity contribution in [1.82, 2.24) is 0 Å². The second-order valence-electron chi connectivity index (χ2n) is 4.61. The second-order valence-corrected chi connectivity index (χ2v) is 4.61. The van der Waals surface area contributed by atoms with Crippen molar-refractivity contribution in [3.8, 4) is 0 Å². The van der Waals surface area contributed by atoms with Crippen LogP contribution < -0.4 is 5.73 Å². The topological polar surface area (TPSA) is 38.4 Å². The van der Waals surface area contributed by atoms with Gasteiger partial charge in [0.2, 0.25) is 0 Å². The molecule has 0 saturated carbocycles. The maximum Gasteiger partial charge on any atom is 0.0975 e. The number of hydrogen-bond acceptors (Lipinski definition) is 2. The van der Waals surface area contributed by atoms with Crippen LogP contribution >= 0.6 is 0 Å². The molecule has 0 spiro atoms. The van der Waals surface area contributed by atoms with Gasteiger partial charge < -0.3 is 5.73 Å². The average molecular weight is 216 g/mol. The molecule has 16 heavy (non-hydrogen) atoms. The molecule has 2 heteroatoms. The second kappa shape index (κ2) is 5.15. The van der Waals surface area contributed by atoms with Gasteiger partial charge in [0.1, 0.15) is 0 Å². The Bertz CT molecular complexity index is 356. The highest BCUT2D eigenvalue weighted by atomic mass is 14.9. The minimum Gasteiger partial charge on any atom is -0.387 e. The van der Waals surface area contributed by atoms with E-state index in [1.165, 1.54) is 18.4 Å². The van der Waals surface area contributed by atoms with E-state index in [1.807, 2.05) is 0 Å². The number of aliphatic imine (C=N–C) groups is 1.